The van der Waals surface area contributed by atoms with Crippen LogP contribution in [0.4, 0.5) is 0 Å². The van der Waals surface area contributed by atoms with Crippen LogP contribution in [0.1, 0.15) is 6.42 Å². The highest BCUT2D eigenvalue weighted by Crippen LogP contribution is 2.09. The number of hydrogen-bond acceptors (Lipinski definition) is 2. The van der Waals surface area contributed by atoms with Crippen LogP contribution < -0.4 is 0 Å². The lowest BCUT2D eigenvalue weighted by atomic mass is 10.5. The van der Waals surface area contributed by atoms with Gasteiger partial charge in [-0.15, -0.1) is 0 Å². The predicted molar refractivity (Wildman–Crippen MR) is 25.9 cm³/mol. The Hall–Kier alpha value is -0.0500. The maximum atomic E-state index is 4.58. The Balaban J connectivity index is 2.32. The maximum Gasteiger partial charge on any atom is 0.187 e. The average Bonchev–Trinajstić information content (AvgIpc) is 1.86. The zero-order valence-corrected chi connectivity index (χ0v) is 4.60. The van der Waals surface area contributed by atoms with Gasteiger partial charge < -0.3 is 4.84 Å². The van der Waals surface area contributed by atoms with E-state index >= 15 is 0 Å². The minimum absolute atomic E-state index is 0.0810. The van der Waals surface area contributed by atoms with E-state index in [4.69, 9.17) is 0 Å². The molecule has 6 heavy (non-hydrogen) atoms. The van der Waals surface area contributed by atoms with Gasteiger partial charge in [0.25, 0.3) is 0 Å². The van der Waals surface area contributed by atoms with Crippen LogP contribution in [-0.4, -0.2) is 11.2 Å². The van der Waals surface area contributed by atoms with Crippen molar-refractivity contribution in [1.82, 2.24) is 0 Å². The van der Waals surface area contributed by atoms with Crippen molar-refractivity contribution in [3.63, 3.8) is 0 Å². The summed E-state index contributed by atoms with van der Waals surface area (Å²) in [7, 11) is 0. The third-order valence-corrected chi connectivity index (χ3v) is 0.974. The average molecular weight is 149 g/mol. The summed E-state index contributed by atoms with van der Waals surface area (Å²) in [6, 6.07) is 0. The second kappa shape index (κ2) is 1.60. The molecule has 0 bridgehead atoms. The Labute approximate surface area is 44.3 Å². The molecule has 0 saturated heterocycles. The van der Waals surface area contributed by atoms with E-state index < -0.39 is 0 Å². The lowest BCUT2D eigenvalue weighted by Gasteiger charge is -1.90. The molecule has 0 aromatic rings. The Bertz CT molecular complexity index is 65.2. The monoisotopic (exact) mass is 148 g/mol. The van der Waals surface area contributed by atoms with E-state index in [9.17, 15) is 0 Å². The Morgan fingerprint density at radius 2 is 2.83 bits per heavy atom. The summed E-state index contributed by atoms with van der Waals surface area (Å²) in [6.45, 7) is 0. The molecule has 1 aliphatic rings. The summed E-state index contributed by atoms with van der Waals surface area (Å²) in [6.07, 6.45) is 3.39. The molecule has 1 radical (unpaired) electrons. The molecule has 0 aliphatic carbocycles. The predicted octanol–water partition coefficient (Wildman–Crippen LogP) is 0.991. The van der Waals surface area contributed by atoms with Crippen molar-refractivity contribution < 1.29 is 4.84 Å². The number of nitrogens with zero attached hydrogens (tertiary/aromatic N) is 1. The summed E-state index contributed by atoms with van der Waals surface area (Å²) >= 11 is 3.16. The molecular formula is C3H3BrNO. The second-order valence-corrected chi connectivity index (χ2v) is 1.99. The quantitative estimate of drug-likeness (QED) is 0.470. The van der Waals surface area contributed by atoms with Gasteiger partial charge in [0.1, 0.15) is 6.21 Å². The van der Waals surface area contributed by atoms with Gasteiger partial charge in [0, 0.05) is 6.42 Å². The van der Waals surface area contributed by atoms with Crippen LogP contribution in [-0.2, 0) is 4.84 Å². The van der Waals surface area contributed by atoms with Crippen LogP contribution in [0.15, 0.2) is 5.16 Å². The number of hydrogen-bond donors (Lipinski definition) is 0. The first-order valence-electron chi connectivity index (χ1n) is 1.62. The fraction of sp³-hybridized carbons (Fsp3) is 0.667. The van der Waals surface area contributed by atoms with Crippen LogP contribution in [0.3, 0.4) is 0 Å². The van der Waals surface area contributed by atoms with Gasteiger partial charge in [-0.2, -0.15) is 0 Å². The summed E-state index contributed by atoms with van der Waals surface area (Å²) in [5.74, 6) is 0. The second-order valence-electron chi connectivity index (χ2n) is 0.969. The molecule has 0 aromatic carbocycles. The van der Waals surface area contributed by atoms with Crippen LogP contribution in [0.25, 0.3) is 0 Å². The zero-order valence-electron chi connectivity index (χ0n) is 3.02. The molecule has 0 spiro atoms. The minimum Gasteiger partial charge on any atom is -0.380 e. The summed E-state index contributed by atoms with van der Waals surface area (Å²) in [5.41, 5.74) is 0. The first kappa shape index (κ1) is 4.12. The Morgan fingerprint density at radius 1 is 2.00 bits per heavy atom. The van der Waals surface area contributed by atoms with E-state index in [2.05, 4.69) is 32.1 Å². The molecule has 3 heteroatoms. The maximum absolute atomic E-state index is 4.58. The van der Waals surface area contributed by atoms with Gasteiger partial charge in [0.15, 0.2) is 5.01 Å². The van der Waals surface area contributed by atoms with Gasteiger partial charge in [-0.05, 0) is 15.9 Å². The molecule has 0 fully saturated rings. The Morgan fingerprint density at radius 3 is 3.00 bits per heavy atom. The highest BCUT2D eigenvalue weighted by atomic mass is 79.9. The fourth-order valence-electron chi connectivity index (χ4n) is 0.241. The van der Waals surface area contributed by atoms with Gasteiger partial charge in [-0.3, -0.25) is 0 Å². The highest BCUT2D eigenvalue weighted by Gasteiger charge is 2.06. The molecule has 1 aliphatic heterocycles. The van der Waals surface area contributed by atoms with Gasteiger partial charge in [-0.1, -0.05) is 5.16 Å². The van der Waals surface area contributed by atoms with Crippen LogP contribution >= 0.6 is 15.9 Å². The van der Waals surface area contributed by atoms with Gasteiger partial charge >= 0.3 is 0 Å². The first-order chi connectivity index (χ1) is 2.89. The molecule has 1 atom stereocenters. The van der Waals surface area contributed by atoms with E-state index in [1.165, 1.54) is 0 Å². The molecule has 33 valence electrons. The minimum atomic E-state index is 0.0810. The standard InChI is InChI=1S/C3H3BrNO/c4-3-1-2-5-6-3/h3H,1H2. The van der Waals surface area contributed by atoms with Crippen LogP contribution in [0.5, 0.6) is 0 Å². The van der Waals surface area contributed by atoms with Crippen molar-refractivity contribution in [3.05, 3.63) is 0 Å². The lowest BCUT2D eigenvalue weighted by Crippen LogP contribution is -1.88. The molecule has 1 rings (SSSR count). The number of halogens is 1. The van der Waals surface area contributed by atoms with Crippen LogP contribution in [0.2, 0.25) is 0 Å². The van der Waals surface area contributed by atoms with E-state index in [1.54, 1.807) is 0 Å². The van der Waals surface area contributed by atoms with Crippen molar-refractivity contribution in [2.75, 3.05) is 0 Å². The van der Waals surface area contributed by atoms with Crippen molar-refractivity contribution in [2.45, 2.75) is 11.4 Å². The summed E-state index contributed by atoms with van der Waals surface area (Å²) in [5, 5.41) is 3.45. The third-order valence-electron chi connectivity index (χ3n) is 0.483. The van der Waals surface area contributed by atoms with Crippen molar-refractivity contribution >= 4 is 22.1 Å². The summed E-state index contributed by atoms with van der Waals surface area (Å²) < 4.78 is 0. The van der Waals surface area contributed by atoms with Gasteiger partial charge in [0.05, 0.1) is 0 Å². The summed E-state index contributed by atoms with van der Waals surface area (Å²) in [4.78, 5) is 4.58. The Kier molecular flexibility index (Phi) is 1.10. The molecule has 1 heterocycles. The molecule has 0 amide bonds. The smallest absolute Gasteiger partial charge is 0.187 e. The molecule has 1 unspecified atom stereocenters. The van der Waals surface area contributed by atoms with E-state index in [0.717, 1.165) is 6.42 Å². The van der Waals surface area contributed by atoms with Gasteiger partial charge in [0.2, 0.25) is 0 Å². The normalized spacial score (nSPS) is 30.5. The van der Waals surface area contributed by atoms with E-state index in [0.29, 0.717) is 0 Å². The highest BCUT2D eigenvalue weighted by molar-refractivity contribution is 9.09. The van der Waals surface area contributed by atoms with Crippen molar-refractivity contribution in [1.29, 1.82) is 0 Å². The van der Waals surface area contributed by atoms with Gasteiger partial charge in [-0.25, -0.2) is 0 Å². The van der Waals surface area contributed by atoms with E-state index in [1.807, 2.05) is 0 Å². The topological polar surface area (TPSA) is 21.6 Å². The first-order valence-corrected chi connectivity index (χ1v) is 2.54. The van der Waals surface area contributed by atoms with Crippen molar-refractivity contribution in [3.8, 4) is 0 Å². The molecule has 0 saturated carbocycles. The molecule has 0 aromatic heterocycles. The molecule has 2 nitrogen and oxygen atoms in total. The fourth-order valence-corrected chi connectivity index (χ4v) is 0.469. The number of rotatable bonds is 0. The van der Waals surface area contributed by atoms with Crippen molar-refractivity contribution in [2.24, 2.45) is 5.16 Å². The van der Waals surface area contributed by atoms with E-state index in [-0.39, 0.29) is 5.01 Å². The molecular weight excluding hydrogens is 146 g/mol. The SMILES string of the molecule is BrC1C[C]=NO1. The zero-order chi connectivity index (χ0) is 4.41. The number of alkyl halides is 1. The lowest BCUT2D eigenvalue weighted by molar-refractivity contribution is 0.153. The van der Waals surface area contributed by atoms with Crippen LogP contribution in [0, 0.1) is 0 Å². The largest absolute Gasteiger partial charge is 0.380 e. The molecule has 0 N–H and O–H groups in total. The third kappa shape index (κ3) is 0.712.